The molecule has 0 radical (unpaired) electrons. The molecule has 0 unspecified atom stereocenters. The highest BCUT2D eigenvalue weighted by molar-refractivity contribution is 5.83. The monoisotopic (exact) mass is 357 g/mol. The first-order chi connectivity index (χ1) is 12.4. The fourth-order valence-corrected chi connectivity index (χ4v) is 2.34. The molecule has 138 valence electrons. The minimum absolute atomic E-state index is 0.111. The Morgan fingerprint density at radius 2 is 2.08 bits per heavy atom. The van der Waals surface area contributed by atoms with Gasteiger partial charge in [-0.15, -0.1) is 0 Å². The Bertz CT molecular complexity index is 860. The number of benzene rings is 1. The minimum atomic E-state index is -0.411. The van der Waals surface area contributed by atoms with Gasteiger partial charge in [0.05, 0.1) is 13.5 Å². The molecule has 1 aromatic heterocycles. The van der Waals surface area contributed by atoms with E-state index in [-0.39, 0.29) is 36.3 Å². The molecular formula is C18H23N5O3. The Balaban J connectivity index is 2.09. The zero-order valence-electron chi connectivity index (χ0n) is 15.1. The fourth-order valence-electron chi connectivity index (χ4n) is 2.34. The number of nitrogens with zero attached hydrogens (tertiary/aromatic N) is 1. The molecule has 1 heterocycles. The Labute approximate surface area is 151 Å². The number of nitrogens with one attached hydrogen (secondary N) is 4. The van der Waals surface area contributed by atoms with Gasteiger partial charge in [-0.05, 0) is 30.5 Å². The van der Waals surface area contributed by atoms with Crippen LogP contribution >= 0.6 is 0 Å². The number of esters is 1. The maximum absolute atomic E-state index is 12.3. The maximum atomic E-state index is 12.3. The van der Waals surface area contributed by atoms with Crippen LogP contribution in [0.25, 0.3) is 0 Å². The smallest absolute Gasteiger partial charge is 0.307 e. The average Bonchev–Trinajstić information content (AvgIpc) is 2.63. The summed E-state index contributed by atoms with van der Waals surface area (Å²) in [6.45, 7) is 4.80. The summed E-state index contributed by atoms with van der Waals surface area (Å²) in [5, 5.41) is 13.4. The molecule has 0 saturated carbocycles. The lowest BCUT2D eigenvalue weighted by Crippen LogP contribution is -2.22. The highest BCUT2D eigenvalue weighted by atomic mass is 16.5. The van der Waals surface area contributed by atoms with Gasteiger partial charge >= 0.3 is 5.97 Å². The van der Waals surface area contributed by atoms with E-state index in [2.05, 4.69) is 31.4 Å². The Hall–Kier alpha value is -3.16. The summed E-state index contributed by atoms with van der Waals surface area (Å²) in [6.07, 6.45) is 1.11. The molecule has 0 spiro atoms. The molecule has 2 aromatic rings. The number of anilines is 2. The second-order valence-corrected chi connectivity index (χ2v) is 5.84. The van der Waals surface area contributed by atoms with Crippen molar-refractivity contribution in [3.05, 3.63) is 50.9 Å². The Morgan fingerprint density at radius 1 is 1.31 bits per heavy atom. The van der Waals surface area contributed by atoms with E-state index in [1.807, 2.05) is 26.0 Å². The molecule has 0 aliphatic carbocycles. The van der Waals surface area contributed by atoms with E-state index in [0.717, 1.165) is 11.8 Å². The van der Waals surface area contributed by atoms with E-state index in [1.165, 1.54) is 18.2 Å². The largest absolute Gasteiger partial charge is 0.469 e. The van der Waals surface area contributed by atoms with Crippen molar-refractivity contribution in [1.82, 2.24) is 9.97 Å². The number of aryl methyl sites for hydroxylation is 2. The number of aromatic amines is 1. The van der Waals surface area contributed by atoms with Crippen LogP contribution in [-0.2, 0) is 16.1 Å². The number of methoxy groups -OCH3 is 1. The van der Waals surface area contributed by atoms with Crippen LogP contribution in [0.1, 0.15) is 28.8 Å². The van der Waals surface area contributed by atoms with E-state index >= 15 is 0 Å². The molecule has 2 rings (SSSR count). The third-order valence-corrected chi connectivity index (χ3v) is 3.97. The van der Waals surface area contributed by atoms with Crippen molar-refractivity contribution < 1.29 is 9.53 Å². The lowest BCUT2D eigenvalue weighted by molar-refractivity contribution is -0.140. The zero-order valence-corrected chi connectivity index (χ0v) is 15.1. The number of ether oxygens (including phenoxy) is 1. The van der Waals surface area contributed by atoms with Crippen molar-refractivity contribution in [2.24, 2.45) is 0 Å². The number of carbonyl (C=O) groups excluding carboxylic acids is 1. The molecule has 0 amide bonds. The van der Waals surface area contributed by atoms with Crippen LogP contribution in [0.5, 0.6) is 0 Å². The first kappa shape index (κ1) is 19.2. The normalized spacial score (nSPS) is 10.3. The summed E-state index contributed by atoms with van der Waals surface area (Å²) >= 11 is 0. The molecule has 0 aliphatic rings. The van der Waals surface area contributed by atoms with Gasteiger partial charge in [0.25, 0.3) is 5.56 Å². The van der Waals surface area contributed by atoms with E-state index < -0.39 is 5.56 Å². The zero-order chi connectivity index (χ0) is 19.1. The van der Waals surface area contributed by atoms with Crippen LogP contribution in [0.4, 0.5) is 11.6 Å². The molecule has 0 aliphatic heterocycles. The lowest BCUT2D eigenvalue weighted by Gasteiger charge is -2.11. The summed E-state index contributed by atoms with van der Waals surface area (Å²) in [5.41, 5.74) is 3.41. The number of aromatic nitrogens is 2. The van der Waals surface area contributed by atoms with Crippen molar-refractivity contribution in [2.45, 2.75) is 26.8 Å². The maximum Gasteiger partial charge on any atom is 0.307 e. The van der Waals surface area contributed by atoms with Crippen LogP contribution in [0.3, 0.4) is 0 Å². The number of hydrogen-bond donors (Lipinski definition) is 4. The van der Waals surface area contributed by atoms with Crippen molar-refractivity contribution in [3.63, 3.8) is 0 Å². The minimum Gasteiger partial charge on any atom is -0.469 e. The van der Waals surface area contributed by atoms with E-state index in [4.69, 9.17) is 5.41 Å². The van der Waals surface area contributed by atoms with Gasteiger partial charge in [0.15, 0.2) is 0 Å². The predicted molar refractivity (Wildman–Crippen MR) is 101 cm³/mol. The number of rotatable bonds is 8. The summed E-state index contributed by atoms with van der Waals surface area (Å²) in [5.74, 6) is -0.102. The van der Waals surface area contributed by atoms with Gasteiger partial charge in [-0.25, -0.2) is 4.98 Å². The second-order valence-electron chi connectivity index (χ2n) is 5.84. The van der Waals surface area contributed by atoms with Crippen LogP contribution < -0.4 is 16.2 Å². The van der Waals surface area contributed by atoms with Gasteiger partial charge in [-0.3, -0.25) is 14.6 Å². The number of carbonyl (C=O) groups is 1. The SMILES string of the molecule is COC(=O)CCNc1c(C=N)nc(NCc2ccc(C)c(C)c2)[nH]c1=O. The van der Waals surface area contributed by atoms with E-state index in [0.29, 0.717) is 6.54 Å². The summed E-state index contributed by atoms with van der Waals surface area (Å²) in [4.78, 5) is 30.3. The third-order valence-electron chi connectivity index (χ3n) is 3.97. The van der Waals surface area contributed by atoms with Crippen molar-refractivity contribution >= 4 is 23.8 Å². The third kappa shape index (κ3) is 4.92. The Kier molecular flexibility index (Phi) is 6.48. The summed E-state index contributed by atoms with van der Waals surface area (Å²) in [7, 11) is 1.30. The molecule has 8 nitrogen and oxygen atoms in total. The van der Waals surface area contributed by atoms with Crippen LogP contribution in [0, 0.1) is 19.3 Å². The first-order valence-corrected chi connectivity index (χ1v) is 8.20. The van der Waals surface area contributed by atoms with Gasteiger partial charge in [-0.1, -0.05) is 18.2 Å². The van der Waals surface area contributed by atoms with Gasteiger partial charge in [0.1, 0.15) is 11.4 Å². The molecule has 26 heavy (non-hydrogen) atoms. The molecule has 0 saturated heterocycles. The molecular weight excluding hydrogens is 334 g/mol. The number of hydrogen-bond acceptors (Lipinski definition) is 7. The fraction of sp³-hybridized carbons (Fsp3) is 0.333. The molecule has 0 bridgehead atoms. The van der Waals surface area contributed by atoms with Crippen LogP contribution in [-0.4, -0.2) is 35.8 Å². The highest BCUT2D eigenvalue weighted by Gasteiger charge is 2.10. The topological polar surface area (TPSA) is 120 Å². The molecule has 8 heteroatoms. The quantitative estimate of drug-likeness (QED) is 0.423. The first-order valence-electron chi connectivity index (χ1n) is 8.20. The predicted octanol–water partition coefficient (Wildman–Crippen LogP) is 1.97. The molecule has 0 atom stereocenters. The van der Waals surface area contributed by atoms with E-state index in [9.17, 15) is 9.59 Å². The van der Waals surface area contributed by atoms with E-state index in [1.54, 1.807) is 0 Å². The van der Waals surface area contributed by atoms with Gasteiger partial charge in [0, 0.05) is 19.3 Å². The Morgan fingerprint density at radius 3 is 2.73 bits per heavy atom. The number of H-pyrrole nitrogens is 1. The van der Waals surface area contributed by atoms with Gasteiger partial charge < -0.3 is 20.8 Å². The molecule has 1 aromatic carbocycles. The standard InChI is InChI=1S/C18H23N5O3/c1-11-4-5-13(8-12(11)2)10-21-18-22-14(9-19)16(17(25)23-18)20-7-6-15(24)26-3/h4-5,8-9,19-20H,6-7,10H2,1-3H3,(H2,21,22,23,25). The average molecular weight is 357 g/mol. The highest BCUT2D eigenvalue weighted by Crippen LogP contribution is 2.12. The molecule has 4 N–H and O–H groups in total. The summed E-state index contributed by atoms with van der Waals surface area (Å²) < 4.78 is 4.55. The van der Waals surface area contributed by atoms with Crippen LogP contribution in [0.15, 0.2) is 23.0 Å². The van der Waals surface area contributed by atoms with Crippen molar-refractivity contribution in [2.75, 3.05) is 24.3 Å². The van der Waals surface area contributed by atoms with Gasteiger partial charge in [0.2, 0.25) is 5.95 Å². The van der Waals surface area contributed by atoms with Gasteiger partial charge in [-0.2, -0.15) is 0 Å². The molecule has 0 fully saturated rings. The van der Waals surface area contributed by atoms with Crippen molar-refractivity contribution in [3.8, 4) is 0 Å². The van der Waals surface area contributed by atoms with Crippen molar-refractivity contribution in [1.29, 1.82) is 5.41 Å². The van der Waals surface area contributed by atoms with Crippen LogP contribution in [0.2, 0.25) is 0 Å². The summed E-state index contributed by atoms with van der Waals surface area (Å²) in [6, 6.07) is 6.12. The second kappa shape index (κ2) is 8.80. The lowest BCUT2D eigenvalue weighted by atomic mass is 10.1.